The molecule has 0 saturated heterocycles. The fourth-order valence-electron chi connectivity index (χ4n) is 1.68. The van der Waals surface area contributed by atoms with E-state index in [0.717, 1.165) is 6.07 Å². The monoisotopic (exact) mass is 261 g/mol. The van der Waals surface area contributed by atoms with Gasteiger partial charge >= 0.3 is 0 Å². The maximum Gasteiger partial charge on any atom is 0.260 e. The third-order valence-electron chi connectivity index (χ3n) is 2.70. The van der Waals surface area contributed by atoms with Crippen molar-refractivity contribution in [2.75, 3.05) is 11.9 Å². The first-order chi connectivity index (χ1) is 8.99. The van der Waals surface area contributed by atoms with Crippen LogP contribution in [0, 0.1) is 5.82 Å². The van der Waals surface area contributed by atoms with Gasteiger partial charge in [-0.3, -0.25) is 4.79 Å². The molecule has 0 atom stereocenters. The number of carbonyl (C=O) groups is 1. The van der Waals surface area contributed by atoms with Crippen LogP contribution in [-0.4, -0.2) is 23.2 Å². The van der Waals surface area contributed by atoms with E-state index in [-0.39, 0.29) is 17.1 Å². The van der Waals surface area contributed by atoms with Gasteiger partial charge in [0, 0.05) is 24.9 Å². The van der Waals surface area contributed by atoms with Crippen molar-refractivity contribution in [1.29, 1.82) is 0 Å². The Morgan fingerprint density at radius 2 is 1.79 bits per heavy atom. The fraction of sp³-hybridized carbons (Fsp3) is 0.0714. The Hall–Kier alpha value is -2.56. The molecule has 0 aliphatic carbocycles. The lowest BCUT2D eigenvalue weighted by Gasteiger charge is -2.18. The van der Waals surface area contributed by atoms with Gasteiger partial charge in [0.1, 0.15) is 17.3 Å². The van der Waals surface area contributed by atoms with E-state index < -0.39 is 11.7 Å². The van der Waals surface area contributed by atoms with Crippen molar-refractivity contribution in [3.63, 3.8) is 0 Å². The molecule has 2 aromatic rings. The molecule has 0 saturated carbocycles. The second-order valence-corrected chi connectivity index (χ2v) is 4.05. The van der Waals surface area contributed by atoms with Crippen LogP contribution in [0.2, 0.25) is 0 Å². The number of amides is 1. The first-order valence-electron chi connectivity index (χ1n) is 5.54. The largest absolute Gasteiger partial charge is 0.508 e. The Labute approximate surface area is 109 Å². The van der Waals surface area contributed by atoms with Gasteiger partial charge in [-0.1, -0.05) is 6.07 Å². The van der Waals surface area contributed by atoms with Gasteiger partial charge in [0.05, 0.1) is 5.56 Å². The second kappa shape index (κ2) is 4.97. The Bertz CT molecular complexity index is 628. The summed E-state index contributed by atoms with van der Waals surface area (Å²) in [5.41, 5.74) is 0.293. The zero-order chi connectivity index (χ0) is 14.0. The molecule has 2 rings (SSSR count). The first-order valence-corrected chi connectivity index (χ1v) is 5.54. The zero-order valence-corrected chi connectivity index (χ0v) is 10.2. The summed E-state index contributed by atoms with van der Waals surface area (Å²) in [7, 11) is 1.48. The first kappa shape index (κ1) is 12.9. The van der Waals surface area contributed by atoms with Crippen molar-refractivity contribution in [1.82, 2.24) is 0 Å². The number of phenolic OH excluding ortho intramolecular Hbond substituents is 2. The highest BCUT2D eigenvalue weighted by atomic mass is 19.1. The summed E-state index contributed by atoms with van der Waals surface area (Å²) in [4.78, 5) is 13.3. The molecule has 0 spiro atoms. The second-order valence-electron chi connectivity index (χ2n) is 4.05. The number of anilines is 1. The number of hydrogen-bond donors (Lipinski definition) is 2. The summed E-state index contributed by atoms with van der Waals surface area (Å²) in [6.45, 7) is 0. The number of aromatic hydroxyl groups is 2. The number of rotatable bonds is 2. The van der Waals surface area contributed by atoms with E-state index in [1.54, 1.807) is 12.1 Å². The van der Waals surface area contributed by atoms with Crippen LogP contribution >= 0.6 is 0 Å². The Morgan fingerprint density at radius 3 is 2.42 bits per heavy atom. The van der Waals surface area contributed by atoms with E-state index in [1.807, 2.05) is 0 Å². The van der Waals surface area contributed by atoms with Crippen molar-refractivity contribution in [2.45, 2.75) is 0 Å². The normalized spacial score (nSPS) is 10.2. The molecule has 4 nitrogen and oxygen atoms in total. The maximum atomic E-state index is 13.6. The van der Waals surface area contributed by atoms with Crippen LogP contribution in [0.25, 0.3) is 0 Å². The Kier molecular flexibility index (Phi) is 3.37. The minimum absolute atomic E-state index is 0.0170. The zero-order valence-electron chi connectivity index (χ0n) is 10.2. The molecule has 0 bridgehead atoms. The molecular weight excluding hydrogens is 249 g/mol. The molecule has 1 amide bonds. The van der Waals surface area contributed by atoms with E-state index in [4.69, 9.17) is 5.11 Å². The summed E-state index contributed by atoms with van der Waals surface area (Å²) in [5.74, 6) is -1.59. The molecule has 0 aliphatic rings. The predicted octanol–water partition coefficient (Wildman–Crippen LogP) is 2.51. The van der Waals surface area contributed by atoms with Crippen LogP contribution in [0.4, 0.5) is 10.1 Å². The summed E-state index contributed by atoms with van der Waals surface area (Å²) in [6.07, 6.45) is 0. The third-order valence-corrected chi connectivity index (χ3v) is 2.70. The van der Waals surface area contributed by atoms with E-state index in [1.165, 1.54) is 36.2 Å². The van der Waals surface area contributed by atoms with Crippen molar-refractivity contribution in [3.05, 3.63) is 53.8 Å². The molecular formula is C14H12FNO3. The van der Waals surface area contributed by atoms with Crippen molar-refractivity contribution < 1.29 is 19.4 Å². The number of carbonyl (C=O) groups excluding carboxylic acids is 1. The van der Waals surface area contributed by atoms with Crippen molar-refractivity contribution in [2.24, 2.45) is 0 Å². The number of hydrogen-bond acceptors (Lipinski definition) is 3. The van der Waals surface area contributed by atoms with Crippen LogP contribution < -0.4 is 4.90 Å². The quantitative estimate of drug-likeness (QED) is 0.873. The smallest absolute Gasteiger partial charge is 0.260 e. The number of phenols is 2. The van der Waals surface area contributed by atoms with Gasteiger partial charge in [-0.2, -0.15) is 0 Å². The van der Waals surface area contributed by atoms with Gasteiger partial charge in [-0.15, -0.1) is 0 Å². The van der Waals surface area contributed by atoms with Gasteiger partial charge in [0.25, 0.3) is 5.91 Å². The number of benzene rings is 2. The molecule has 0 heterocycles. The SMILES string of the molecule is CN(C(=O)c1ccc(O)cc1F)c1cccc(O)c1. The van der Waals surface area contributed by atoms with Gasteiger partial charge in [-0.25, -0.2) is 4.39 Å². The van der Waals surface area contributed by atoms with E-state index in [2.05, 4.69) is 0 Å². The molecule has 0 aromatic heterocycles. The molecule has 0 fully saturated rings. The van der Waals surface area contributed by atoms with Crippen LogP contribution in [-0.2, 0) is 0 Å². The molecule has 98 valence electrons. The molecule has 0 unspecified atom stereocenters. The highest BCUT2D eigenvalue weighted by Gasteiger charge is 2.18. The minimum Gasteiger partial charge on any atom is -0.508 e. The number of nitrogens with zero attached hydrogens (tertiary/aromatic N) is 1. The van der Waals surface area contributed by atoms with Crippen LogP contribution in [0.1, 0.15) is 10.4 Å². The van der Waals surface area contributed by atoms with E-state index in [9.17, 15) is 14.3 Å². The average molecular weight is 261 g/mol. The molecule has 0 radical (unpaired) electrons. The lowest BCUT2D eigenvalue weighted by Crippen LogP contribution is -2.27. The summed E-state index contributed by atoms with van der Waals surface area (Å²) in [5, 5.41) is 18.5. The van der Waals surface area contributed by atoms with Crippen LogP contribution in [0.15, 0.2) is 42.5 Å². The van der Waals surface area contributed by atoms with Gasteiger partial charge in [0.2, 0.25) is 0 Å². The highest BCUT2D eigenvalue weighted by molar-refractivity contribution is 6.06. The van der Waals surface area contributed by atoms with Crippen LogP contribution in [0.3, 0.4) is 0 Å². The molecule has 5 heteroatoms. The average Bonchev–Trinajstić information content (AvgIpc) is 2.37. The Balaban J connectivity index is 2.33. The van der Waals surface area contributed by atoms with Gasteiger partial charge in [-0.05, 0) is 24.3 Å². The fourth-order valence-corrected chi connectivity index (χ4v) is 1.68. The molecule has 2 N–H and O–H groups in total. The Morgan fingerprint density at radius 1 is 1.11 bits per heavy atom. The molecule has 2 aromatic carbocycles. The standard InChI is InChI=1S/C14H12FNO3/c1-16(9-3-2-4-10(17)7-9)14(19)12-6-5-11(18)8-13(12)15/h2-8,17-18H,1H3. The van der Waals surface area contributed by atoms with Gasteiger partial charge in [0.15, 0.2) is 0 Å². The minimum atomic E-state index is -0.794. The lowest BCUT2D eigenvalue weighted by molar-refractivity contribution is 0.0989. The van der Waals surface area contributed by atoms with E-state index >= 15 is 0 Å². The van der Waals surface area contributed by atoms with E-state index in [0.29, 0.717) is 5.69 Å². The van der Waals surface area contributed by atoms with Crippen molar-refractivity contribution in [3.8, 4) is 11.5 Å². The summed E-state index contributed by atoms with van der Waals surface area (Å²) in [6, 6.07) is 9.42. The highest BCUT2D eigenvalue weighted by Crippen LogP contribution is 2.22. The third kappa shape index (κ3) is 2.65. The number of halogens is 1. The predicted molar refractivity (Wildman–Crippen MR) is 68.9 cm³/mol. The van der Waals surface area contributed by atoms with Crippen molar-refractivity contribution >= 4 is 11.6 Å². The molecule has 19 heavy (non-hydrogen) atoms. The lowest BCUT2D eigenvalue weighted by atomic mass is 10.1. The topological polar surface area (TPSA) is 60.8 Å². The summed E-state index contributed by atoms with van der Waals surface area (Å²) >= 11 is 0. The van der Waals surface area contributed by atoms with Crippen LogP contribution in [0.5, 0.6) is 11.5 Å². The van der Waals surface area contributed by atoms with Gasteiger partial charge < -0.3 is 15.1 Å². The maximum absolute atomic E-state index is 13.6. The summed E-state index contributed by atoms with van der Waals surface area (Å²) < 4.78 is 13.6. The molecule has 0 aliphatic heterocycles.